The topological polar surface area (TPSA) is 253 Å². The number of pyridine rings is 1. The van der Waals surface area contributed by atoms with Crippen molar-refractivity contribution in [2.45, 2.75) is 146 Å². The first-order valence-corrected chi connectivity index (χ1v) is 24.1. The van der Waals surface area contributed by atoms with Crippen LogP contribution in [0, 0.1) is 33.8 Å². The Morgan fingerprint density at radius 3 is 2.31 bits per heavy atom. The minimum absolute atomic E-state index is 0.00489. The average molecular weight is 962 g/mol. The number of hydrogen-bond donors (Lipinski definition) is 2. The summed E-state index contributed by atoms with van der Waals surface area (Å²) in [6, 6.07) is 7.90. The Labute approximate surface area is 392 Å². The number of sulfonamides is 1. The molecule has 2 aromatic rings. The second-order valence-electron chi connectivity index (χ2n) is 18.7. The molecule has 2 N–H and O–H groups in total. The first-order valence-electron chi connectivity index (χ1n) is 22.7. The number of carbonyl (C=O) groups excluding carboxylic acids is 4. The Balaban J connectivity index is 1.57. The van der Waals surface area contributed by atoms with Gasteiger partial charge in [0.25, 0.3) is 5.69 Å². The molecule has 372 valence electrons. The number of hydrogen-bond acceptors (Lipinski definition) is 17. The van der Waals surface area contributed by atoms with E-state index in [0.717, 1.165) is 24.3 Å². The van der Waals surface area contributed by atoms with Crippen LogP contribution in [0.3, 0.4) is 0 Å². The number of esters is 2. The van der Waals surface area contributed by atoms with Crippen molar-refractivity contribution in [2.24, 2.45) is 23.7 Å². The summed E-state index contributed by atoms with van der Waals surface area (Å²) in [5, 5.41) is 22.9. The number of ketones is 1. The van der Waals surface area contributed by atoms with E-state index in [2.05, 4.69) is 9.71 Å². The summed E-state index contributed by atoms with van der Waals surface area (Å²) in [4.78, 5) is 75.1. The molecule has 67 heavy (non-hydrogen) atoms. The molecule has 20 nitrogen and oxygen atoms in total. The molecule has 1 aromatic heterocycles. The molecule has 0 spiro atoms. The normalized spacial score (nSPS) is 34.5. The first kappa shape index (κ1) is 53.3. The predicted molar refractivity (Wildman–Crippen MR) is 241 cm³/mol. The maximum absolute atomic E-state index is 14.9. The van der Waals surface area contributed by atoms with E-state index < -0.39 is 105 Å². The summed E-state index contributed by atoms with van der Waals surface area (Å²) in [7, 11) is 0.901. The van der Waals surface area contributed by atoms with Crippen molar-refractivity contribution in [1.82, 2.24) is 19.5 Å². The Hall–Kier alpha value is -4.64. The number of aromatic nitrogens is 1. The van der Waals surface area contributed by atoms with Gasteiger partial charge in [-0.25, -0.2) is 17.9 Å². The van der Waals surface area contributed by atoms with Crippen molar-refractivity contribution in [1.29, 1.82) is 0 Å². The number of nitrogens with zero attached hydrogens (tertiary/aromatic N) is 4. The standard InChI is InChI=1S/C46H67N5O15S/c1-12-35-46(8)40(50(44(56)66-46)22-21-48-67(59,60)33-18-16-32(17-19-33)51(57)58)28(4)37(53)26(2)25-45(7,61-11)41(65-43-38(54)34(49(9)10)23-27(3)62-43)29(5)39(30(6)42(55)63-35)64-36(52)24-31-15-13-14-20-47-31/h13-20,26-30,34-35,38-41,43,48,54H,12,21-25H2,1-11H3/t26-,27-,28-,29-,30-,34+,35+,38-,39-,40+,41-,43+,45-,46-/m1/s1. The number of fused-ring (bicyclic) bond motifs is 1. The van der Waals surface area contributed by atoms with Gasteiger partial charge in [-0.05, 0) is 85.3 Å². The number of non-ortho nitro benzene ring substituents is 1. The molecule has 0 bridgehead atoms. The lowest BCUT2D eigenvalue weighted by atomic mass is 9.73. The number of cyclic esters (lactones) is 1. The van der Waals surface area contributed by atoms with E-state index >= 15 is 0 Å². The van der Waals surface area contributed by atoms with Crippen LogP contribution in [0.15, 0.2) is 53.6 Å². The van der Waals surface area contributed by atoms with Crippen molar-refractivity contribution in [3.8, 4) is 0 Å². The first-order chi connectivity index (χ1) is 31.4. The predicted octanol–water partition coefficient (Wildman–Crippen LogP) is 4.06. The molecule has 21 heteroatoms. The van der Waals surface area contributed by atoms with Crippen LogP contribution in [0.4, 0.5) is 10.5 Å². The number of nitro groups is 1. The molecule has 0 aliphatic carbocycles. The van der Waals surface area contributed by atoms with Gasteiger partial charge in [0.2, 0.25) is 10.0 Å². The van der Waals surface area contributed by atoms with Crippen LogP contribution in [0.2, 0.25) is 0 Å². The monoisotopic (exact) mass is 961 g/mol. The molecule has 3 aliphatic heterocycles. The van der Waals surface area contributed by atoms with Crippen LogP contribution in [0.25, 0.3) is 0 Å². The highest BCUT2D eigenvalue weighted by Gasteiger charge is 2.60. The highest BCUT2D eigenvalue weighted by molar-refractivity contribution is 7.89. The quantitative estimate of drug-likeness (QED) is 0.117. The number of nitrogens with one attached hydrogen (secondary N) is 1. The summed E-state index contributed by atoms with van der Waals surface area (Å²) in [5.74, 6) is -5.78. The second-order valence-corrected chi connectivity index (χ2v) is 20.5. The number of methoxy groups -OCH3 is 1. The number of ether oxygens (including phenoxy) is 6. The van der Waals surface area contributed by atoms with Crippen LogP contribution in [0.5, 0.6) is 0 Å². The van der Waals surface area contributed by atoms with Crippen molar-refractivity contribution in [3.63, 3.8) is 0 Å². The molecule has 5 rings (SSSR count). The van der Waals surface area contributed by atoms with E-state index in [1.165, 1.54) is 18.2 Å². The summed E-state index contributed by atoms with van der Waals surface area (Å²) < 4.78 is 67.0. The smallest absolute Gasteiger partial charge is 0.410 e. The fourth-order valence-electron chi connectivity index (χ4n) is 10.0. The zero-order valence-corrected chi connectivity index (χ0v) is 41.0. The summed E-state index contributed by atoms with van der Waals surface area (Å²) in [5.41, 5.74) is -2.95. The van der Waals surface area contributed by atoms with E-state index in [1.807, 2.05) is 25.9 Å². The average Bonchev–Trinajstić information content (AvgIpc) is 3.54. The minimum Gasteiger partial charge on any atom is -0.461 e. The number of benzene rings is 1. The van der Waals surface area contributed by atoms with Crippen LogP contribution >= 0.6 is 0 Å². The minimum atomic E-state index is -4.22. The van der Waals surface area contributed by atoms with Crippen LogP contribution in [-0.4, -0.2) is 151 Å². The van der Waals surface area contributed by atoms with Gasteiger partial charge in [0.1, 0.15) is 24.1 Å². The molecule has 3 aliphatic rings. The van der Waals surface area contributed by atoms with E-state index in [4.69, 9.17) is 28.4 Å². The number of carbonyl (C=O) groups is 4. The van der Waals surface area contributed by atoms with Gasteiger partial charge in [-0.15, -0.1) is 0 Å². The highest BCUT2D eigenvalue weighted by Crippen LogP contribution is 2.44. The number of aliphatic hydroxyl groups excluding tert-OH is 1. The van der Waals surface area contributed by atoms with Crippen LogP contribution < -0.4 is 4.72 Å². The zero-order chi connectivity index (χ0) is 49.8. The van der Waals surface area contributed by atoms with Gasteiger partial charge < -0.3 is 38.4 Å². The highest BCUT2D eigenvalue weighted by atomic mass is 32.2. The lowest BCUT2D eigenvalue weighted by Crippen LogP contribution is -2.61. The SMILES string of the molecule is CC[C@@H]1OC(=O)[C@H](C)[C@H](OC(=O)Cc2ccccn2)[C@@H](C)[C@@H](O[C@@H]2O[C@H](C)C[C@H](N(C)C)[C@H]2O)[C@](C)(OC)C[C@@H](C)C(=O)[C@@H](C)[C@@H]2N(CCNS(=O)(=O)c3ccc([N+](=O)[O-])cc3)C(=O)O[C@]12C. The Morgan fingerprint density at radius 2 is 1.73 bits per heavy atom. The molecule has 0 saturated carbocycles. The van der Waals surface area contributed by atoms with Crippen molar-refractivity contribution in [3.05, 3.63) is 64.5 Å². The number of rotatable bonds is 14. The number of amides is 1. The van der Waals surface area contributed by atoms with E-state index in [1.54, 1.807) is 66.7 Å². The van der Waals surface area contributed by atoms with Crippen LogP contribution in [-0.2, 0) is 59.2 Å². The number of aliphatic hydroxyl groups is 1. The zero-order valence-electron chi connectivity index (χ0n) is 40.1. The summed E-state index contributed by atoms with van der Waals surface area (Å²) >= 11 is 0. The van der Waals surface area contributed by atoms with Crippen molar-refractivity contribution >= 4 is 39.5 Å². The fourth-order valence-corrected chi connectivity index (χ4v) is 11.1. The third kappa shape index (κ3) is 11.8. The fraction of sp³-hybridized carbons (Fsp3) is 0.674. The van der Waals surface area contributed by atoms with Crippen LogP contribution in [0.1, 0.15) is 80.3 Å². The van der Waals surface area contributed by atoms with Crippen molar-refractivity contribution in [2.75, 3.05) is 34.3 Å². The van der Waals surface area contributed by atoms with Crippen molar-refractivity contribution < 1.29 is 66.0 Å². The molecule has 0 radical (unpaired) electrons. The van der Waals surface area contributed by atoms with Gasteiger partial charge >= 0.3 is 18.0 Å². The van der Waals surface area contributed by atoms with Gasteiger partial charge in [-0.1, -0.05) is 33.8 Å². The number of likely N-dealkylation sites (N-methyl/N-ethyl adjacent to an activating group) is 1. The molecule has 1 amide bonds. The van der Waals surface area contributed by atoms with Gasteiger partial charge in [0, 0.05) is 62.3 Å². The molecule has 3 fully saturated rings. The maximum atomic E-state index is 14.9. The molecule has 1 aromatic carbocycles. The molecule has 4 heterocycles. The Morgan fingerprint density at radius 1 is 1.06 bits per heavy atom. The lowest BCUT2D eigenvalue weighted by molar-refractivity contribution is -0.384. The van der Waals surface area contributed by atoms with Gasteiger partial charge in [-0.3, -0.25) is 34.4 Å². The molecular formula is C46H67N5O15S. The maximum Gasteiger partial charge on any atom is 0.410 e. The number of Topliss-reactive ketones (excluding diaryl/α,β-unsaturated/α-hetero) is 1. The van der Waals surface area contributed by atoms with Gasteiger partial charge in [-0.2, -0.15) is 0 Å². The number of nitro benzene ring substituents is 1. The molecule has 14 atom stereocenters. The van der Waals surface area contributed by atoms with E-state index in [-0.39, 0.29) is 60.9 Å². The van der Waals surface area contributed by atoms with Gasteiger partial charge in [0.15, 0.2) is 11.9 Å². The Kier molecular flexibility index (Phi) is 17.3. The van der Waals surface area contributed by atoms with Gasteiger partial charge in [0.05, 0.1) is 51.7 Å². The Bertz CT molecular complexity index is 2180. The third-order valence-corrected chi connectivity index (χ3v) is 15.1. The molecule has 0 unspecified atom stereocenters. The van der Waals surface area contributed by atoms with E-state index in [9.17, 15) is 42.8 Å². The van der Waals surface area contributed by atoms with E-state index in [0.29, 0.717) is 12.1 Å². The second kappa shape index (κ2) is 21.8. The molecule has 3 saturated heterocycles. The summed E-state index contributed by atoms with van der Waals surface area (Å²) in [6.07, 6.45) is -5.25. The summed E-state index contributed by atoms with van der Waals surface area (Å²) in [6.45, 7) is 12.9. The third-order valence-electron chi connectivity index (χ3n) is 13.7. The molecular weight excluding hydrogens is 895 g/mol. The lowest BCUT2D eigenvalue weighted by Gasteiger charge is -2.48. The largest absolute Gasteiger partial charge is 0.461 e.